The van der Waals surface area contributed by atoms with Gasteiger partial charge in [-0.05, 0) is 24.1 Å². The van der Waals surface area contributed by atoms with Gasteiger partial charge in [-0.3, -0.25) is 14.2 Å². The van der Waals surface area contributed by atoms with Gasteiger partial charge in [0.25, 0.3) is 0 Å². The molecule has 2 aromatic rings. The minimum atomic E-state index is -0.684. The number of rotatable bonds is 3. The number of benzene rings is 1. The Bertz CT molecular complexity index is 750. The second kappa shape index (κ2) is 5.63. The molecule has 1 heterocycles. The van der Waals surface area contributed by atoms with Gasteiger partial charge in [-0.2, -0.15) is 0 Å². The van der Waals surface area contributed by atoms with Crippen LogP contribution >= 0.6 is 11.6 Å². The smallest absolute Gasteiger partial charge is 0.309 e. The van der Waals surface area contributed by atoms with Gasteiger partial charge in [0.15, 0.2) is 0 Å². The third kappa shape index (κ3) is 2.82. The molecular formula is C14H14ClFN2O2. The maximum Gasteiger partial charge on any atom is 0.320 e. The van der Waals surface area contributed by atoms with Crippen molar-refractivity contribution >= 4 is 11.6 Å². The predicted octanol–water partition coefficient (Wildman–Crippen LogP) is 2.45. The van der Waals surface area contributed by atoms with Gasteiger partial charge in [0.1, 0.15) is 5.82 Å². The first-order chi connectivity index (χ1) is 9.40. The van der Waals surface area contributed by atoms with E-state index in [0.29, 0.717) is 12.2 Å². The van der Waals surface area contributed by atoms with Gasteiger partial charge in [-0.15, -0.1) is 0 Å². The third-order valence-corrected chi connectivity index (χ3v) is 3.09. The molecule has 0 atom stereocenters. The molecule has 0 saturated carbocycles. The number of hydrogen-bond donors (Lipinski definition) is 0. The van der Waals surface area contributed by atoms with Gasteiger partial charge in [-0.25, -0.2) is 4.39 Å². The summed E-state index contributed by atoms with van der Waals surface area (Å²) in [7, 11) is 0. The zero-order chi connectivity index (χ0) is 14.9. The Balaban J connectivity index is 2.54. The summed E-state index contributed by atoms with van der Waals surface area (Å²) < 4.78 is 15.6. The molecule has 0 unspecified atom stereocenters. The molecule has 1 aromatic heterocycles. The van der Waals surface area contributed by atoms with Crippen molar-refractivity contribution in [2.75, 3.05) is 0 Å². The quantitative estimate of drug-likeness (QED) is 0.817. The highest BCUT2D eigenvalue weighted by molar-refractivity contribution is 6.30. The Labute approximate surface area is 120 Å². The fourth-order valence-corrected chi connectivity index (χ4v) is 2.06. The summed E-state index contributed by atoms with van der Waals surface area (Å²) in [6.45, 7) is 4.38. The van der Waals surface area contributed by atoms with E-state index in [-0.39, 0.29) is 10.9 Å². The van der Waals surface area contributed by atoms with Gasteiger partial charge in [0, 0.05) is 18.9 Å². The van der Waals surface area contributed by atoms with Crippen LogP contribution in [0, 0.1) is 11.7 Å². The first kappa shape index (κ1) is 14.5. The van der Waals surface area contributed by atoms with Crippen LogP contribution in [-0.2, 0) is 6.54 Å². The topological polar surface area (TPSA) is 44.0 Å². The van der Waals surface area contributed by atoms with Crippen molar-refractivity contribution in [1.29, 1.82) is 0 Å². The Morgan fingerprint density at radius 1 is 1.20 bits per heavy atom. The van der Waals surface area contributed by atoms with E-state index < -0.39 is 16.9 Å². The van der Waals surface area contributed by atoms with E-state index in [4.69, 9.17) is 11.6 Å². The van der Waals surface area contributed by atoms with Crippen LogP contribution in [0.2, 0.25) is 5.02 Å². The first-order valence-corrected chi connectivity index (χ1v) is 6.55. The molecule has 1 aromatic carbocycles. The lowest BCUT2D eigenvalue weighted by Gasteiger charge is -2.11. The minimum Gasteiger partial charge on any atom is -0.309 e. The lowest BCUT2D eigenvalue weighted by atomic mass is 10.2. The van der Waals surface area contributed by atoms with E-state index in [1.807, 2.05) is 13.8 Å². The van der Waals surface area contributed by atoms with Crippen molar-refractivity contribution in [3.05, 3.63) is 62.1 Å². The monoisotopic (exact) mass is 296 g/mol. The fourth-order valence-electron chi connectivity index (χ4n) is 1.88. The van der Waals surface area contributed by atoms with Gasteiger partial charge in [-0.1, -0.05) is 25.4 Å². The maximum absolute atomic E-state index is 13.1. The van der Waals surface area contributed by atoms with Crippen LogP contribution in [0.3, 0.4) is 0 Å². The largest absolute Gasteiger partial charge is 0.320 e. The highest BCUT2D eigenvalue weighted by Gasteiger charge is 2.09. The zero-order valence-electron chi connectivity index (χ0n) is 11.1. The summed E-state index contributed by atoms with van der Waals surface area (Å²) >= 11 is 5.68. The van der Waals surface area contributed by atoms with Crippen LogP contribution in [0.5, 0.6) is 0 Å². The van der Waals surface area contributed by atoms with Crippen LogP contribution in [0.25, 0.3) is 5.69 Å². The molecule has 20 heavy (non-hydrogen) atoms. The molecule has 0 aliphatic heterocycles. The molecule has 0 spiro atoms. The standard InChI is InChI=1S/C14H14ClFN2O2/c1-9(2)8-17-5-6-18(14(20)13(17)19)10-3-4-12(16)11(15)7-10/h3-7,9H,8H2,1-2H3. The molecule has 0 aliphatic rings. The second-order valence-electron chi connectivity index (χ2n) is 4.92. The maximum atomic E-state index is 13.1. The molecule has 4 nitrogen and oxygen atoms in total. The van der Waals surface area contributed by atoms with Crippen molar-refractivity contribution in [2.24, 2.45) is 5.92 Å². The first-order valence-electron chi connectivity index (χ1n) is 6.17. The minimum absolute atomic E-state index is 0.0965. The Morgan fingerprint density at radius 2 is 1.90 bits per heavy atom. The zero-order valence-corrected chi connectivity index (χ0v) is 11.9. The van der Waals surface area contributed by atoms with Crippen LogP contribution in [-0.4, -0.2) is 9.13 Å². The van der Waals surface area contributed by atoms with E-state index in [1.54, 1.807) is 6.20 Å². The second-order valence-corrected chi connectivity index (χ2v) is 5.33. The van der Waals surface area contributed by atoms with Crippen LogP contribution in [0.15, 0.2) is 40.2 Å². The molecule has 106 valence electrons. The van der Waals surface area contributed by atoms with Crippen molar-refractivity contribution in [3.63, 3.8) is 0 Å². The average Bonchev–Trinajstić information content (AvgIpc) is 2.38. The number of nitrogens with zero attached hydrogens (tertiary/aromatic N) is 2. The Morgan fingerprint density at radius 3 is 2.50 bits per heavy atom. The highest BCUT2D eigenvalue weighted by Crippen LogP contribution is 2.17. The SMILES string of the molecule is CC(C)Cn1ccn(-c2ccc(F)c(Cl)c2)c(=O)c1=O. The van der Waals surface area contributed by atoms with Crippen molar-refractivity contribution < 1.29 is 4.39 Å². The lowest BCUT2D eigenvalue weighted by molar-refractivity contribution is 0.504. The molecule has 6 heteroatoms. The lowest BCUT2D eigenvalue weighted by Crippen LogP contribution is -2.40. The number of hydrogen-bond acceptors (Lipinski definition) is 2. The van der Waals surface area contributed by atoms with E-state index in [2.05, 4.69) is 0 Å². The number of aromatic nitrogens is 2. The molecule has 2 rings (SSSR count). The molecule has 0 N–H and O–H groups in total. The molecule has 0 amide bonds. The summed E-state index contributed by atoms with van der Waals surface area (Å²) in [5.74, 6) is -0.320. The summed E-state index contributed by atoms with van der Waals surface area (Å²) in [5, 5.41) is -0.0965. The molecule has 0 bridgehead atoms. The van der Waals surface area contributed by atoms with Gasteiger partial charge >= 0.3 is 11.1 Å². The van der Waals surface area contributed by atoms with E-state index in [9.17, 15) is 14.0 Å². The van der Waals surface area contributed by atoms with Crippen LogP contribution in [0.1, 0.15) is 13.8 Å². The summed E-state index contributed by atoms with van der Waals surface area (Å²) in [6.07, 6.45) is 3.02. The van der Waals surface area contributed by atoms with Crippen molar-refractivity contribution in [2.45, 2.75) is 20.4 Å². The molecule has 0 aliphatic carbocycles. The molecule has 0 saturated heterocycles. The summed E-state index contributed by atoms with van der Waals surface area (Å²) in [4.78, 5) is 24.0. The predicted molar refractivity (Wildman–Crippen MR) is 76.1 cm³/mol. The number of halogens is 2. The van der Waals surface area contributed by atoms with E-state index >= 15 is 0 Å². The van der Waals surface area contributed by atoms with Crippen LogP contribution < -0.4 is 11.1 Å². The third-order valence-electron chi connectivity index (χ3n) is 2.80. The molecule has 0 radical (unpaired) electrons. The summed E-state index contributed by atoms with van der Waals surface area (Å²) in [5.41, 5.74) is -0.937. The Hall–Kier alpha value is -1.88. The van der Waals surface area contributed by atoms with Gasteiger partial charge < -0.3 is 4.57 Å². The van der Waals surface area contributed by atoms with Gasteiger partial charge in [0.05, 0.1) is 10.7 Å². The van der Waals surface area contributed by atoms with Crippen molar-refractivity contribution in [3.8, 4) is 5.69 Å². The average molecular weight is 297 g/mol. The Kier molecular flexibility index (Phi) is 4.09. The van der Waals surface area contributed by atoms with E-state index in [0.717, 1.165) is 10.6 Å². The molecule has 0 fully saturated rings. The van der Waals surface area contributed by atoms with Gasteiger partial charge in [0.2, 0.25) is 0 Å². The fraction of sp³-hybridized carbons (Fsp3) is 0.286. The highest BCUT2D eigenvalue weighted by atomic mass is 35.5. The van der Waals surface area contributed by atoms with Crippen molar-refractivity contribution in [1.82, 2.24) is 9.13 Å². The van der Waals surface area contributed by atoms with Crippen LogP contribution in [0.4, 0.5) is 4.39 Å². The normalized spacial score (nSPS) is 11.1. The summed E-state index contributed by atoms with van der Waals surface area (Å²) in [6, 6.07) is 3.86. The van der Waals surface area contributed by atoms with E-state index in [1.165, 1.54) is 22.9 Å². The molecular weight excluding hydrogens is 283 g/mol.